The van der Waals surface area contributed by atoms with E-state index in [1.807, 2.05) is 13.8 Å². The van der Waals surface area contributed by atoms with Crippen LogP contribution < -0.4 is 10.6 Å². The van der Waals surface area contributed by atoms with Crippen molar-refractivity contribution < 1.29 is 9.90 Å². The number of likely N-dealkylation sites (N-methyl/N-ethyl adjacent to an activating group) is 1. The smallest absolute Gasteiger partial charge is 0.239 e. The molecule has 4 nitrogen and oxygen atoms in total. The molecule has 15 heavy (non-hydrogen) atoms. The molecule has 1 aliphatic rings. The van der Waals surface area contributed by atoms with Gasteiger partial charge in [0.25, 0.3) is 0 Å². The van der Waals surface area contributed by atoms with Gasteiger partial charge in [0.2, 0.25) is 5.91 Å². The number of hydrogen-bond donors (Lipinski definition) is 3. The first-order valence-corrected chi connectivity index (χ1v) is 5.59. The predicted octanol–water partition coefficient (Wildman–Crippen LogP) is 0.406. The molecular formula is C11H22N2O2. The van der Waals surface area contributed by atoms with E-state index in [2.05, 4.69) is 10.6 Å². The van der Waals surface area contributed by atoms with Gasteiger partial charge in [-0.05, 0) is 33.7 Å². The summed E-state index contributed by atoms with van der Waals surface area (Å²) in [5, 5.41) is 15.8. The monoisotopic (exact) mass is 214 g/mol. The Kier molecular flexibility index (Phi) is 3.73. The maximum absolute atomic E-state index is 11.7. The quantitative estimate of drug-likeness (QED) is 0.635. The molecule has 0 unspecified atom stereocenters. The highest BCUT2D eigenvalue weighted by Crippen LogP contribution is 2.28. The Morgan fingerprint density at radius 2 is 1.93 bits per heavy atom. The largest absolute Gasteiger partial charge is 0.388 e. The van der Waals surface area contributed by atoms with Crippen LogP contribution in [0.4, 0.5) is 0 Å². The molecule has 0 bridgehead atoms. The Morgan fingerprint density at radius 1 is 1.40 bits per heavy atom. The van der Waals surface area contributed by atoms with Crippen LogP contribution in [0, 0.1) is 0 Å². The van der Waals surface area contributed by atoms with Crippen molar-refractivity contribution in [3.63, 3.8) is 0 Å². The van der Waals surface area contributed by atoms with Crippen LogP contribution in [0.2, 0.25) is 0 Å². The van der Waals surface area contributed by atoms with Gasteiger partial charge < -0.3 is 15.7 Å². The van der Waals surface area contributed by atoms with E-state index in [9.17, 15) is 9.90 Å². The highest BCUT2D eigenvalue weighted by Gasteiger charge is 2.33. The SMILES string of the molecule is CNC(C)(C)C(=O)NCC1(O)CCCC1. The number of rotatable bonds is 4. The molecule has 0 aromatic carbocycles. The summed E-state index contributed by atoms with van der Waals surface area (Å²) in [4.78, 5) is 11.7. The van der Waals surface area contributed by atoms with Gasteiger partial charge in [-0.2, -0.15) is 0 Å². The third-order valence-corrected chi connectivity index (χ3v) is 3.30. The molecule has 0 aromatic heterocycles. The number of hydrogen-bond acceptors (Lipinski definition) is 3. The molecule has 0 saturated heterocycles. The summed E-state index contributed by atoms with van der Waals surface area (Å²) >= 11 is 0. The van der Waals surface area contributed by atoms with Crippen LogP contribution in [0.3, 0.4) is 0 Å². The second-order valence-corrected chi connectivity index (χ2v) is 4.99. The molecule has 0 aliphatic heterocycles. The lowest BCUT2D eigenvalue weighted by Crippen LogP contribution is -2.54. The van der Waals surface area contributed by atoms with Gasteiger partial charge in [0.05, 0.1) is 11.1 Å². The van der Waals surface area contributed by atoms with Gasteiger partial charge in [0.1, 0.15) is 0 Å². The molecule has 3 N–H and O–H groups in total. The van der Waals surface area contributed by atoms with E-state index in [1.54, 1.807) is 7.05 Å². The Labute approximate surface area is 91.4 Å². The molecule has 1 saturated carbocycles. The maximum Gasteiger partial charge on any atom is 0.239 e. The highest BCUT2D eigenvalue weighted by atomic mass is 16.3. The van der Waals surface area contributed by atoms with Gasteiger partial charge in [0, 0.05) is 6.54 Å². The second-order valence-electron chi connectivity index (χ2n) is 4.99. The number of carbonyl (C=O) groups is 1. The Balaban J connectivity index is 2.40. The number of nitrogens with one attached hydrogen (secondary N) is 2. The van der Waals surface area contributed by atoms with Crippen molar-refractivity contribution in [3.8, 4) is 0 Å². The summed E-state index contributed by atoms with van der Waals surface area (Å²) in [5.41, 5.74) is -1.24. The van der Waals surface area contributed by atoms with Crippen molar-refractivity contribution in [1.29, 1.82) is 0 Å². The fraction of sp³-hybridized carbons (Fsp3) is 0.909. The van der Waals surface area contributed by atoms with Crippen LogP contribution in [0.15, 0.2) is 0 Å². The number of carbonyl (C=O) groups excluding carboxylic acids is 1. The van der Waals surface area contributed by atoms with E-state index in [-0.39, 0.29) is 5.91 Å². The van der Waals surface area contributed by atoms with Crippen molar-refractivity contribution in [1.82, 2.24) is 10.6 Å². The van der Waals surface area contributed by atoms with Crippen LogP contribution in [0.5, 0.6) is 0 Å². The number of aliphatic hydroxyl groups is 1. The molecule has 88 valence electrons. The van der Waals surface area contributed by atoms with Crippen molar-refractivity contribution in [3.05, 3.63) is 0 Å². The van der Waals surface area contributed by atoms with Crippen LogP contribution >= 0.6 is 0 Å². The first-order chi connectivity index (χ1) is 6.90. The molecule has 4 heteroatoms. The third-order valence-electron chi connectivity index (χ3n) is 3.30. The molecule has 1 fully saturated rings. The predicted molar refractivity (Wildman–Crippen MR) is 59.6 cm³/mol. The van der Waals surface area contributed by atoms with Gasteiger partial charge in [0.15, 0.2) is 0 Å². The zero-order chi connectivity index (χ0) is 11.5. The lowest BCUT2D eigenvalue weighted by atomic mass is 10.0. The van der Waals surface area contributed by atoms with Crippen molar-refractivity contribution in [2.45, 2.75) is 50.7 Å². The zero-order valence-electron chi connectivity index (χ0n) is 9.89. The summed E-state index contributed by atoms with van der Waals surface area (Å²) in [5.74, 6) is -0.0645. The van der Waals surface area contributed by atoms with E-state index >= 15 is 0 Å². The van der Waals surface area contributed by atoms with Crippen LogP contribution in [0.25, 0.3) is 0 Å². The number of amides is 1. The first-order valence-electron chi connectivity index (χ1n) is 5.59. The van der Waals surface area contributed by atoms with E-state index in [0.29, 0.717) is 6.54 Å². The summed E-state index contributed by atoms with van der Waals surface area (Å²) in [6, 6.07) is 0. The van der Waals surface area contributed by atoms with Gasteiger partial charge in [-0.3, -0.25) is 4.79 Å². The van der Waals surface area contributed by atoms with Crippen molar-refractivity contribution >= 4 is 5.91 Å². The Bertz CT molecular complexity index is 233. The maximum atomic E-state index is 11.7. The van der Waals surface area contributed by atoms with E-state index < -0.39 is 11.1 Å². The molecule has 0 radical (unpaired) electrons. The van der Waals surface area contributed by atoms with Gasteiger partial charge in [-0.25, -0.2) is 0 Å². The molecule has 0 atom stereocenters. The minimum Gasteiger partial charge on any atom is -0.388 e. The van der Waals surface area contributed by atoms with Crippen molar-refractivity contribution in [2.75, 3.05) is 13.6 Å². The van der Waals surface area contributed by atoms with Gasteiger partial charge in [-0.15, -0.1) is 0 Å². The summed E-state index contributed by atoms with van der Waals surface area (Å²) < 4.78 is 0. The molecule has 0 spiro atoms. The van der Waals surface area contributed by atoms with Gasteiger partial charge in [-0.1, -0.05) is 12.8 Å². The molecule has 0 heterocycles. The molecular weight excluding hydrogens is 192 g/mol. The first kappa shape index (κ1) is 12.5. The van der Waals surface area contributed by atoms with Crippen LogP contribution in [-0.4, -0.2) is 35.7 Å². The average Bonchev–Trinajstić information content (AvgIpc) is 2.62. The van der Waals surface area contributed by atoms with Crippen LogP contribution in [-0.2, 0) is 4.79 Å². The fourth-order valence-corrected chi connectivity index (χ4v) is 1.79. The second kappa shape index (κ2) is 4.49. The Morgan fingerprint density at radius 3 is 2.40 bits per heavy atom. The van der Waals surface area contributed by atoms with Gasteiger partial charge >= 0.3 is 0 Å². The Hall–Kier alpha value is -0.610. The topological polar surface area (TPSA) is 61.4 Å². The van der Waals surface area contributed by atoms with E-state index in [1.165, 1.54) is 0 Å². The van der Waals surface area contributed by atoms with E-state index in [4.69, 9.17) is 0 Å². The summed E-state index contributed by atoms with van der Waals surface area (Å²) in [7, 11) is 1.75. The fourth-order valence-electron chi connectivity index (χ4n) is 1.79. The lowest BCUT2D eigenvalue weighted by molar-refractivity contribution is -0.127. The van der Waals surface area contributed by atoms with Crippen molar-refractivity contribution in [2.24, 2.45) is 0 Å². The normalized spacial score (nSPS) is 20.3. The lowest BCUT2D eigenvalue weighted by Gasteiger charge is -2.27. The minimum atomic E-state index is -0.667. The molecule has 1 amide bonds. The molecule has 1 rings (SSSR count). The van der Waals surface area contributed by atoms with E-state index in [0.717, 1.165) is 25.7 Å². The minimum absolute atomic E-state index is 0.0645. The standard InChI is InChI=1S/C11H22N2O2/c1-10(2,12-3)9(14)13-8-11(15)6-4-5-7-11/h12,15H,4-8H2,1-3H3,(H,13,14). The summed E-state index contributed by atoms with van der Waals surface area (Å²) in [6.45, 7) is 4.01. The zero-order valence-corrected chi connectivity index (χ0v) is 9.89. The summed E-state index contributed by atoms with van der Waals surface area (Å²) in [6.07, 6.45) is 3.71. The molecule has 0 aromatic rings. The van der Waals surface area contributed by atoms with Crippen LogP contribution in [0.1, 0.15) is 39.5 Å². The third kappa shape index (κ3) is 3.18. The highest BCUT2D eigenvalue weighted by molar-refractivity contribution is 5.85. The average molecular weight is 214 g/mol. The molecule has 1 aliphatic carbocycles.